The molecule has 29 heavy (non-hydrogen) atoms. The lowest BCUT2D eigenvalue weighted by molar-refractivity contribution is 0.372. The Balaban J connectivity index is 1.62. The molecule has 3 heterocycles. The molecule has 0 aliphatic heterocycles. The van der Waals surface area contributed by atoms with Crippen LogP contribution in [0.25, 0.3) is 5.82 Å². The highest BCUT2D eigenvalue weighted by Crippen LogP contribution is 2.14. The summed E-state index contributed by atoms with van der Waals surface area (Å²) in [5.41, 5.74) is 4.02. The van der Waals surface area contributed by atoms with Gasteiger partial charge in [-0.2, -0.15) is 5.10 Å². The van der Waals surface area contributed by atoms with E-state index in [-0.39, 0.29) is 0 Å². The van der Waals surface area contributed by atoms with Crippen LogP contribution in [0.3, 0.4) is 0 Å². The summed E-state index contributed by atoms with van der Waals surface area (Å²) in [5, 5.41) is 15.1. The van der Waals surface area contributed by atoms with Gasteiger partial charge < -0.3 is 15.2 Å². The molecule has 2 N–H and O–H groups in total. The molecule has 3 aromatic heterocycles. The van der Waals surface area contributed by atoms with Gasteiger partial charge in [0.1, 0.15) is 0 Å². The number of rotatable bonds is 7. The van der Waals surface area contributed by atoms with Crippen molar-refractivity contribution >= 4 is 5.96 Å². The summed E-state index contributed by atoms with van der Waals surface area (Å²) in [4.78, 5) is 9.16. The van der Waals surface area contributed by atoms with Gasteiger partial charge in [-0.1, -0.05) is 25.1 Å². The lowest BCUT2D eigenvalue weighted by Gasteiger charge is -2.10. The van der Waals surface area contributed by atoms with Crippen LogP contribution in [0.15, 0.2) is 40.0 Å². The number of aliphatic imine (C=N–C) groups is 1. The summed E-state index contributed by atoms with van der Waals surface area (Å²) >= 11 is 0. The van der Waals surface area contributed by atoms with Crippen molar-refractivity contribution in [3.63, 3.8) is 0 Å². The largest absolute Gasteiger partial charge is 0.359 e. The van der Waals surface area contributed by atoms with Crippen LogP contribution in [-0.2, 0) is 13.1 Å². The van der Waals surface area contributed by atoms with Crippen LogP contribution >= 0.6 is 0 Å². The first-order valence-electron chi connectivity index (χ1n) is 9.92. The van der Waals surface area contributed by atoms with E-state index in [0.717, 1.165) is 46.7 Å². The molecule has 8 heteroatoms. The molecule has 8 nitrogen and oxygen atoms in total. The van der Waals surface area contributed by atoms with Gasteiger partial charge in [-0.15, -0.1) is 0 Å². The van der Waals surface area contributed by atoms with E-state index in [1.165, 1.54) is 0 Å². The number of nitrogens with one attached hydrogen (secondary N) is 2. The van der Waals surface area contributed by atoms with E-state index in [4.69, 9.17) is 4.52 Å². The van der Waals surface area contributed by atoms with E-state index in [9.17, 15) is 0 Å². The van der Waals surface area contributed by atoms with Crippen LogP contribution in [0.5, 0.6) is 0 Å². The maximum atomic E-state index is 5.37. The standard InChI is InChI=1S/C21H29N7O/c1-6-22-21(25-13-18-10-19(14(2)3)27-29-18)24-12-17-7-8-20(23-11-17)28-16(5)9-15(4)26-28/h7-11,14H,6,12-13H2,1-5H3,(H2,22,24,25). The predicted molar refractivity (Wildman–Crippen MR) is 113 cm³/mol. The Kier molecular flexibility index (Phi) is 6.64. The zero-order valence-electron chi connectivity index (χ0n) is 17.7. The second-order valence-electron chi connectivity index (χ2n) is 7.29. The first-order valence-corrected chi connectivity index (χ1v) is 9.92. The normalized spacial score (nSPS) is 11.9. The van der Waals surface area contributed by atoms with Gasteiger partial charge in [0, 0.05) is 24.5 Å². The van der Waals surface area contributed by atoms with Crippen molar-refractivity contribution in [2.24, 2.45) is 4.99 Å². The molecular weight excluding hydrogens is 366 g/mol. The minimum atomic E-state index is 0.347. The highest BCUT2D eigenvalue weighted by atomic mass is 16.5. The molecule has 3 aromatic rings. The topological polar surface area (TPSA) is 93.2 Å². The summed E-state index contributed by atoms with van der Waals surface area (Å²) in [6.07, 6.45) is 1.84. The third-order valence-electron chi connectivity index (χ3n) is 4.40. The highest BCUT2D eigenvalue weighted by molar-refractivity contribution is 5.79. The Morgan fingerprint density at radius 1 is 1.21 bits per heavy atom. The predicted octanol–water partition coefficient (Wildman–Crippen LogP) is 3.25. The summed E-state index contributed by atoms with van der Waals surface area (Å²) in [5.74, 6) is 2.66. The molecule has 0 radical (unpaired) electrons. The number of nitrogens with zero attached hydrogens (tertiary/aromatic N) is 5. The van der Waals surface area contributed by atoms with Gasteiger partial charge in [0.15, 0.2) is 17.5 Å². The SMILES string of the molecule is CCNC(=NCc1ccc(-n2nc(C)cc2C)nc1)NCc1cc(C(C)C)no1. The number of pyridine rings is 1. The van der Waals surface area contributed by atoms with Crippen LogP contribution in [0.1, 0.15) is 55.1 Å². The third kappa shape index (κ3) is 5.43. The first-order chi connectivity index (χ1) is 14.0. The van der Waals surface area contributed by atoms with Crippen molar-refractivity contribution in [2.45, 2.75) is 53.6 Å². The van der Waals surface area contributed by atoms with Gasteiger partial charge >= 0.3 is 0 Å². The molecule has 154 valence electrons. The monoisotopic (exact) mass is 395 g/mol. The molecule has 0 bridgehead atoms. The van der Waals surface area contributed by atoms with Gasteiger partial charge in [-0.05, 0) is 44.4 Å². The summed E-state index contributed by atoms with van der Waals surface area (Å²) in [6, 6.07) is 8.00. The average molecular weight is 396 g/mol. The van der Waals surface area contributed by atoms with Crippen LogP contribution in [0.2, 0.25) is 0 Å². The Labute approximate surface area is 171 Å². The maximum absolute atomic E-state index is 5.37. The zero-order chi connectivity index (χ0) is 20.8. The van der Waals surface area contributed by atoms with Crippen LogP contribution in [0, 0.1) is 13.8 Å². The van der Waals surface area contributed by atoms with E-state index in [0.29, 0.717) is 19.0 Å². The minimum absolute atomic E-state index is 0.347. The molecule has 0 aromatic carbocycles. The van der Waals surface area contributed by atoms with Gasteiger partial charge in [-0.25, -0.2) is 14.7 Å². The lowest BCUT2D eigenvalue weighted by Crippen LogP contribution is -2.36. The number of hydrogen-bond acceptors (Lipinski definition) is 5. The van der Waals surface area contributed by atoms with Gasteiger partial charge in [0.05, 0.1) is 24.5 Å². The quantitative estimate of drug-likeness (QED) is 0.471. The maximum Gasteiger partial charge on any atom is 0.191 e. The van der Waals surface area contributed by atoms with Crippen LogP contribution in [-0.4, -0.2) is 32.4 Å². The smallest absolute Gasteiger partial charge is 0.191 e. The molecular formula is C21H29N7O. The van der Waals surface area contributed by atoms with Gasteiger partial charge in [0.2, 0.25) is 0 Å². The summed E-state index contributed by atoms with van der Waals surface area (Å²) in [7, 11) is 0. The second kappa shape index (κ2) is 9.36. The lowest BCUT2D eigenvalue weighted by atomic mass is 10.1. The van der Waals surface area contributed by atoms with Gasteiger partial charge in [0.25, 0.3) is 0 Å². The summed E-state index contributed by atoms with van der Waals surface area (Å²) < 4.78 is 7.21. The van der Waals surface area contributed by atoms with Crippen molar-refractivity contribution in [1.29, 1.82) is 0 Å². The Bertz CT molecular complexity index is 954. The van der Waals surface area contributed by atoms with Crippen LogP contribution in [0.4, 0.5) is 0 Å². The molecule has 3 rings (SSSR count). The Hall–Kier alpha value is -3.16. The Morgan fingerprint density at radius 3 is 2.62 bits per heavy atom. The molecule has 0 saturated heterocycles. The third-order valence-corrected chi connectivity index (χ3v) is 4.40. The van der Waals surface area contributed by atoms with Crippen molar-refractivity contribution in [3.8, 4) is 5.82 Å². The fourth-order valence-corrected chi connectivity index (χ4v) is 2.86. The number of guanidine groups is 1. The zero-order valence-corrected chi connectivity index (χ0v) is 17.7. The van der Waals surface area contributed by atoms with Crippen molar-refractivity contribution in [2.75, 3.05) is 6.54 Å². The van der Waals surface area contributed by atoms with Crippen LogP contribution < -0.4 is 10.6 Å². The van der Waals surface area contributed by atoms with Gasteiger partial charge in [-0.3, -0.25) is 0 Å². The van der Waals surface area contributed by atoms with E-state index >= 15 is 0 Å². The van der Waals surface area contributed by atoms with Crippen molar-refractivity contribution < 1.29 is 4.52 Å². The molecule has 0 fully saturated rings. The van der Waals surface area contributed by atoms with E-state index in [2.05, 4.69) is 44.7 Å². The average Bonchev–Trinajstić information content (AvgIpc) is 3.30. The Morgan fingerprint density at radius 2 is 2.03 bits per heavy atom. The fourth-order valence-electron chi connectivity index (χ4n) is 2.86. The van der Waals surface area contributed by atoms with E-state index < -0.39 is 0 Å². The minimum Gasteiger partial charge on any atom is -0.359 e. The molecule has 0 amide bonds. The molecule has 0 saturated carbocycles. The summed E-state index contributed by atoms with van der Waals surface area (Å²) in [6.45, 7) is 12.0. The molecule has 0 aliphatic carbocycles. The number of aromatic nitrogens is 4. The highest BCUT2D eigenvalue weighted by Gasteiger charge is 2.08. The first kappa shape index (κ1) is 20.6. The molecule has 0 atom stereocenters. The van der Waals surface area contributed by atoms with Crippen molar-refractivity contribution in [3.05, 3.63) is 58.9 Å². The molecule has 0 spiro atoms. The number of aryl methyl sites for hydroxylation is 2. The van der Waals surface area contributed by atoms with Crippen molar-refractivity contribution in [1.82, 2.24) is 30.6 Å². The second-order valence-corrected chi connectivity index (χ2v) is 7.29. The number of hydrogen-bond donors (Lipinski definition) is 2. The van der Waals surface area contributed by atoms with E-state index in [1.54, 1.807) is 0 Å². The molecule has 0 unspecified atom stereocenters. The fraction of sp³-hybridized carbons (Fsp3) is 0.429. The molecule has 0 aliphatic rings. The van der Waals surface area contributed by atoms with E-state index in [1.807, 2.05) is 55.9 Å².